The van der Waals surface area contributed by atoms with Gasteiger partial charge in [-0.25, -0.2) is 14.8 Å². The molecule has 1 saturated heterocycles. The second-order valence-corrected chi connectivity index (χ2v) is 10.4. The van der Waals surface area contributed by atoms with E-state index in [4.69, 9.17) is 14.5 Å². The Balaban J connectivity index is 1.32. The molecule has 4 aromatic rings. The summed E-state index contributed by atoms with van der Waals surface area (Å²) in [6.45, 7) is 11.0. The predicted octanol–water partition coefficient (Wildman–Crippen LogP) is 5.18. The van der Waals surface area contributed by atoms with Crippen LogP contribution in [0.5, 0.6) is 5.75 Å². The number of benzene rings is 1. The molecule has 1 aliphatic heterocycles. The molecular formula is C26H33N7O3. The minimum atomic E-state index is -0.494. The average Bonchev–Trinajstić information content (AvgIpc) is 3.49. The van der Waals surface area contributed by atoms with Gasteiger partial charge in [0.15, 0.2) is 11.5 Å². The van der Waals surface area contributed by atoms with Crippen LogP contribution in [0.2, 0.25) is 0 Å². The van der Waals surface area contributed by atoms with E-state index in [1.54, 1.807) is 17.3 Å². The summed E-state index contributed by atoms with van der Waals surface area (Å²) in [5.74, 6) is 1.40. The quantitative estimate of drug-likeness (QED) is 0.411. The highest BCUT2D eigenvalue weighted by Gasteiger charge is 2.27. The number of piperidine rings is 1. The molecule has 1 N–H and O–H groups in total. The van der Waals surface area contributed by atoms with Gasteiger partial charge in [0.05, 0.1) is 22.9 Å². The van der Waals surface area contributed by atoms with Crippen LogP contribution in [0.3, 0.4) is 0 Å². The van der Waals surface area contributed by atoms with Crippen molar-refractivity contribution in [3.63, 3.8) is 0 Å². The normalized spacial score (nSPS) is 15.1. The number of nitrogens with zero attached hydrogens (tertiary/aromatic N) is 6. The summed E-state index contributed by atoms with van der Waals surface area (Å²) in [5.41, 5.74) is 2.83. The molecule has 0 saturated carbocycles. The summed E-state index contributed by atoms with van der Waals surface area (Å²) in [6, 6.07) is 6.19. The second kappa shape index (κ2) is 9.33. The summed E-state index contributed by atoms with van der Waals surface area (Å²) in [6.07, 6.45) is 8.69. The number of aromatic nitrogens is 5. The number of ether oxygens (including phenoxy) is 2. The summed E-state index contributed by atoms with van der Waals surface area (Å²) in [5, 5.41) is 7.77. The van der Waals surface area contributed by atoms with Gasteiger partial charge in [-0.15, -0.1) is 0 Å². The Kier molecular flexibility index (Phi) is 6.19. The van der Waals surface area contributed by atoms with Crippen LogP contribution in [0.1, 0.15) is 53.5 Å². The molecule has 0 spiro atoms. The molecule has 1 aliphatic rings. The van der Waals surface area contributed by atoms with Crippen LogP contribution in [-0.2, 0) is 4.74 Å². The van der Waals surface area contributed by atoms with Crippen molar-refractivity contribution in [1.29, 1.82) is 0 Å². The number of amides is 1. The molecule has 0 radical (unpaired) electrons. The van der Waals surface area contributed by atoms with Crippen molar-refractivity contribution in [2.75, 3.05) is 18.4 Å². The van der Waals surface area contributed by atoms with Crippen LogP contribution in [0.25, 0.3) is 16.7 Å². The molecule has 1 aromatic carbocycles. The number of anilines is 2. The number of imidazole rings is 1. The third-order valence-electron chi connectivity index (χ3n) is 6.08. The lowest BCUT2D eigenvalue weighted by molar-refractivity contribution is 0.0127. The predicted molar refractivity (Wildman–Crippen MR) is 138 cm³/mol. The van der Waals surface area contributed by atoms with E-state index in [0.717, 1.165) is 41.0 Å². The molecule has 4 heterocycles. The van der Waals surface area contributed by atoms with Gasteiger partial charge in [-0.05, 0) is 46.8 Å². The maximum Gasteiger partial charge on any atom is 0.410 e. The lowest BCUT2D eigenvalue weighted by Crippen LogP contribution is -2.44. The lowest BCUT2D eigenvalue weighted by atomic mass is 10.1. The van der Waals surface area contributed by atoms with Crippen LogP contribution < -0.4 is 10.1 Å². The van der Waals surface area contributed by atoms with Crippen molar-refractivity contribution >= 4 is 34.3 Å². The smallest absolute Gasteiger partial charge is 0.410 e. The number of fused-ring (bicyclic) bond motifs is 3. The summed E-state index contributed by atoms with van der Waals surface area (Å²) in [7, 11) is 0. The summed E-state index contributed by atoms with van der Waals surface area (Å²) >= 11 is 0. The number of carbonyl (C=O) groups is 1. The largest absolute Gasteiger partial charge is 0.490 e. The number of rotatable bonds is 5. The second-order valence-electron chi connectivity index (χ2n) is 10.4. The first-order valence-corrected chi connectivity index (χ1v) is 12.4. The zero-order valence-electron chi connectivity index (χ0n) is 21.4. The van der Waals surface area contributed by atoms with E-state index in [-0.39, 0.29) is 18.2 Å². The minimum Gasteiger partial charge on any atom is -0.490 e. The third kappa shape index (κ3) is 5.07. The molecule has 10 heteroatoms. The topological polar surface area (TPSA) is 98.8 Å². The molecule has 190 valence electrons. The Hall–Kier alpha value is -3.82. The minimum absolute atomic E-state index is 0.0255. The number of hydrogen-bond donors (Lipinski definition) is 1. The monoisotopic (exact) mass is 491 g/mol. The summed E-state index contributed by atoms with van der Waals surface area (Å²) < 4.78 is 15.7. The average molecular weight is 492 g/mol. The van der Waals surface area contributed by atoms with E-state index in [1.165, 1.54) is 0 Å². The number of hydrogen-bond acceptors (Lipinski definition) is 7. The summed E-state index contributed by atoms with van der Waals surface area (Å²) in [4.78, 5) is 23.5. The number of nitrogens with one attached hydrogen (secondary N) is 1. The van der Waals surface area contributed by atoms with Crippen LogP contribution in [0.4, 0.5) is 16.3 Å². The molecule has 10 nitrogen and oxygen atoms in total. The van der Waals surface area contributed by atoms with Gasteiger partial charge in [0, 0.05) is 56.6 Å². The van der Waals surface area contributed by atoms with Crippen LogP contribution in [0, 0.1) is 0 Å². The van der Waals surface area contributed by atoms with E-state index in [0.29, 0.717) is 18.9 Å². The maximum absolute atomic E-state index is 12.3. The molecule has 0 unspecified atom stereocenters. The Morgan fingerprint density at radius 2 is 1.97 bits per heavy atom. The molecule has 0 atom stereocenters. The standard InChI is InChI=1S/C26H33N7O3/c1-17(2)33-16-18(15-28-33)29-23-24-27-10-13-32(24)22-7-6-20(14-21(22)30-23)35-19-8-11-31(12-9-19)25(34)36-26(3,4)5/h6-7,10,13-17,19H,8-9,11-12H2,1-5H3,(H,29,30). The van der Waals surface area contributed by atoms with Gasteiger partial charge in [0.2, 0.25) is 0 Å². The first-order valence-electron chi connectivity index (χ1n) is 12.4. The lowest BCUT2D eigenvalue weighted by Gasteiger charge is -2.33. The van der Waals surface area contributed by atoms with Crippen LogP contribution >= 0.6 is 0 Å². The Morgan fingerprint density at radius 3 is 2.67 bits per heavy atom. The highest BCUT2D eigenvalue weighted by Crippen LogP contribution is 2.28. The Bertz CT molecular complexity index is 1380. The van der Waals surface area contributed by atoms with Gasteiger partial charge >= 0.3 is 6.09 Å². The zero-order chi connectivity index (χ0) is 25.4. The van der Waals surface area contributed by atoms with Crippen molar-refractivity contribution in [2.24, 2.45) is 0 Å². The van der Waals surface area contributed by atoms with Crippen molar-refractivity contribution in [3.05, 3.63) is 43.0 Å². The highest BCUT2D eigenvalue weighted by molar-refractivity contribution is 5.85. The van der Waals surface area contributed by atoms with Gasteiger partial charge in [0.1, 0.15) is 17.5 Å². The van der Waals surface area contributed by atoms with Crippen molar-refractivity contribution in [2.45, 2.75) is 65.2 Å². The fraction of sp³-hybridized carbons (Fsp3) is 0.462. The molecule has 36 heavy (non-hydrogen) atoms. The SMILES string of the molecule is CC(C)n1cc(Nc2nc3cc(OC4CCN(C(=O)OC(C)(C)C)CC4)ccc3n3ccnc23)cn1. The van der Waals surface area contributed by atoms with E-state index in [2.05, 4.69) is 29.2 Å². The molecule has 1 fully saturated rings. The molecule has 1 amide bonds. The maximum atomic E-state index is 12.3. The molecular weight excluding hydrogens is 458 g/mol. The van der Waals surface area contributed by atoms with Gasteiger partial charge in [-0.1, -0.05) is 0 Å². The van der Waals surface area contributed by atoms with Gasteiger partial charge in [-0.2, -0.15) is 5.10 Å². The third-order valence-corrected chi connectivity index (χ3v) is 6.08. The number of likely N-dealkylation sites (tertiary alicyclic amines) is 1. The fourth-order valence-electron chi connectivity index (χ4n) is 4.29. The Morgan fingerprint density at radius 1 is 1.19 bits per heavy atom. The fourth-order valence-corrected chi connectivity index (χ4v) is 4.29. The highest BCUT2D eigenvalue weighted by atomic mass is 16.6. The molecule has 0 bridgehead atoms. The van der Waals surface area contributed by atoms with E-state index in [1.807, 2.05) is 60.4 Å². The first kappa shape index (κ1) is 23.9. The van der Waals surface area contributed by atoms with E-state index >= 15 is 0 Å². The molecule has 0 aliphatic carbocycles. The van der Waals surface area contributed by atoms with E-state index in [9.17, 15) is 4.79 Å². The van der Waals surface area contributed by atoms with Crippen LogP contribution in [0.15, 0.2) is 43.0 Å². The number of carbonyl (C=O) groups excluding carboxylic acids is 1. The van der Waals surface area contributed by atoms with Crippen molar-refractivity contribution in [1.82, 2.24) is 29.0 Å². The molecule has 3 aromatic heterocycles. The zero-order valence-corrected chi connectivity index (χ0v) is 21.4. The first-order chi connectivity index (χ1) is 17.2. The molecule has 5 rings (SSSR count). The van der Waals surface area contributed by atoms with Crippen molar-refractivity contribution in [3.8, 4) is 5.75 Å². The Labute approximate surface area is 210 Å². The van der Waals surface area contributed by atoms with E-state index < -0.39 is 5.60 Å². The van der Waals surface area contributed by atoms with Crippen molar-refractivity contribution < 1.29 is 14.3 Å². The van der Waals surface area contributed by atoms with Gasteiger partial charge in [0.25, 0.3) is 0 Å². The van der Waals surface area contributed by atoms with Gasteiger partial charge in [-0.3, -0.25) is 9.08 Å². The van der Waals surface area contributed by atoms with Crippen LogP contribution in [-0.4, -0.2) is 59.9 Å². The van der Waals surface area contributed by atoms with Gasteiger partial charge < -0.3 is 19.7 Å².